The lowest BCUT2D eigenvalue weighted by Gasteiger charge is -2.05. The van der Waals surface area contributed by atoms with Crippen LogP contribution in [0.3, 0.4) is 0 Å². The van der Waals surface area contributed by atoms with Gasteiger partial charge in [-0.15, -0.1) is 0 Å². The predicted octanol–water partition coefficient (Wildman–Crippen LogP) is -1.39. The summed E-state index contributed by atoms with van der Waals surface area (Å²) < 4.78 is 0. The van der Waals surface area contributed by atoms with Crippen molar-refractivity contribution in [1.82, 2.24) is 0 Å². The Kier molecular flexibility index (Phi) is 2.08. The van der Waals surface area contributed by atoms with Gasteiger partial charge in [0.1, 0.15) is 0 Å². The number of rotatable bonds is 1. The molecule has 0 spiro atoms. The summed E-state index contributed by atoms with van der Waals surface area (Å²) >= 11 is 0. The van der Waals surface area contributed by atoms with Crippen molar-refractivity contribution in [2.75, 3.05) is 0 Å². The third-order valence-corrected chi connectivity index (χ3v) is 0.557. The van der Waals surface area contributed by atoms with Crippen LogP contribution in [-0.4, -0.2) is 17.4 Å². The molecule has 6 heavy (non-hydrogen) atoms. The zero-order valence-corrected chi connectivity index (χ0v) is 3.76. The highest BCUT2D eigenvalue weighted by Gasteiger charge is 1.98. The summed E-state index contributed by atoms with van der Waals surface area (Å²) in [6.07, 6.45) is -1.19. The Bertz CT molecular complexity index is 29.8. The van der Waals surface area contributed by atoms with Crippen molar-refractivity contribution in [2.45, 2.75) is 19.2 Å². The van der Waals surface area contributed by atoms with Crippen LogP contribution in [0.25, 0.3) is 0 Å². The van der Waals surface area contributed by atoms with E-state index in [1.807, 2.05) is 0 Å². The molecule has 3 nitrogen and oxygen atoms in total. The lowest BCUT2D eigenvalue weighted by atomic mass is 10.3. The molecule has 0 aromatic rings. The van der Waals surface area contributed by atoms with E-state index in [0.717, 1.165) is 0 Å². The minimum atomic E-state index is -0.593. The minimum absolute atomic E-state index is 0.593. The molecule has 0 saturated heterocycles. The van der Waals surface area contributed by atoms with E-state index in [4.69, 9.17) is 16.6 Å². The Labute approximate surface area is 36.9 Å². The highest BCUT2D eigenvalue weighted by Crippen LogP contribution is 1.74. The van der Waals surface area contributed by atoms with Crippen molar-refractivity contribution in [3.8, 4) is 0 Å². The molecule has 0 aliphatic rings. The minimum Gasteiger partial charge on any atom is -0.390 e. The molecule has 0 saturated carbocycles. The highest BCUT2D eigenvalue weighted by atomic mass is 16.3. The van der Waals surface area contributed by atoms with Crippen molar-refractivity contribution in [3.63, 3.8) is 0 Å². The van der Waals surface area contributed by atoms with Crippen LogP contribution < -0.4 is 11.5 Å². The Hall–Kier alpha value is -0.120. The van der Waals surface area contributed by atoms with E-state index in [-0.39, 0.29) is 0 Å². The molecule has 0 bridgehead atoms. The molecule has 0 radical (unpaired) electrons. The molecule has 5 N–H and O–H groups in total. The molecule has 1 unspecified atom stereocenters. The van der Waals surface area contributed by atoms with Gasteiger partial charge in [0.2, 0.25) is 0 Å². The lowest BCUT2D eigenvalue weighted by molar-refractivity contribution is 0.166. The van der Waals surface area contributed by atoms with E-state index in [1.165, 1.54) is 0 Å². The first-order chi connectivity index (χ1) is 2.64. The van der Waals surface area contributed by atoms with E-state index < -0.39 is 12.3 Å². The van der Waals surface area contributed by atoms with Crippen LogP contribution in [0.2, 0.25) is 0 Å². The molecular weight excluding hydrogens is 80.0 g/mol. The first-order valence-corrected chi connectivity index (χ1v) is 1.84. The number of nitrogens with two attached hydrogens (primary N) is 2. The fraction of sp³-hybridized carbons (Fsp3) is 1.00. The third-order valence-electron chi connectivity index (χ3n) is 0.557. The fourth-order valence-electron chi connectivity index (χ4n) is 0. The molecule has 0 aliphatic carbocycles. The fourth-order valence-corrected chi connectivity index (χ4v) is 0. The van der Waals surface area contributed by atoms with Crippen molar-refractivity contribution < 1.29 is 5.11 Å². The molecule has 38 valence electrons. The Morgan fingerprint density at radius 2 is 1.67 bits per heavy atom. The summed E-state index contributed by atoms with van der Waals surface area (Å²) in [7, 11) is 0. The average Bonchev–Trinajstić information content (AvgIpc) is 1.36. The van der Waals surface area contributed by atoms with Gasteiger partial charge in [0.15, 0.2) is 0 Å². The van der Waals surface area contributed by atoms with Crippen LogP contribution >= 0.6 is 0 Å². The molecule has 0 aliphatic heterocycles. The van der Waals surface area contributed by atoms with Crippen LogP contribution in [0.5, 0.6) is 0 Å². The summed E-state index contributed by atoms with van der Waals surface area (Å²) in [6, 6.07) is 0. The Morgan fingerprint density at radius 3 is 1.67 bits per heavy atom. The monoisotopic (exact) mass is 90.1 g/mol. The Balaban J connectivity index is 2.99. The molecular formula is C3H10N2O. The maximum absolute atomic E-state index is 8.38. The maximum Gasteiger partial charge on any atom is 0.0792 e. The molecule has 0 heterocycles. The van der Waals surface area contributed by atoms with Crippen LogP contribution in [0.4, 0.5) is 0 Å². The molecule has 0 aromatic carbocycles. The first kappa shape index (κ1) is 5.88. The van der Waals surface area contributed by atoms with E-state index in [0.29, 0.717) is 0 Å². The second-order valence-corrected chi connectivity index (χ2v) is 1.32. The van der Waals surface area contributed by atoms with Gasteiger partial charge < -0.3 is 16.6 Å². The summed E-state index contributed by atoms with van der Waals surface area (Å²) in [4.78, 5) is 0. The molecule has 0 aromatic heterocycles. The summed E-state index contributed by atoms with van der Waals surface area (Å²) in [5, 5.41) is 8.38. The lowest BCUT2D eigenvalue weighted by Crippen LogP contribution is -2.40. The van der Waals surface area contributed by atoms with Crippen LogP contribution in [0, 0.1) is 0 Å². The van der Waals surface area contributed by atoms with Gasteiger partial charge >= 0.3 is 0 Å². The van der Waals surface area contributed by atoms with Crippen molar-refractivity contribution in [3.05, 3.63) is 0 Å². The van der Waals surface area contributed by atoms with Crippen LogP contribution in [0.1, 0.15) is 6.92 Å². The number of hydrogen-bond acceptors (Lipinski definition) is 3. The predicted molar refractivity (Wildman–Crippen MR) is 23.8 cm³/mol. The number of hydrogen-bond donors (Lipinski definition) is 3. The van der Waals surface area contributed by atoms with Crippen molar-refractivity contribution >= 4 is 0 Å². The van der Waals surface area contributed by atoms with E-state index in [9.17, 15) is 0 Å². The zero-order chi connectivity index (χ0) is 5.15. The number of aliphatic hydroxyl groups is 1. The topological polar surface area (TPSA) is 72.3 Å². The van der Waals surface area contributed by atoms with Gasteiger partial charge in [-0.05, 0) is 6.92 Å². The van der Waals surface area contributed by atoms with Gasteiger partial charge in [0, 0.05) is 0 Å². The molecule has 0 amide bonds. The second-order valence-electron chi connectivity index (χ2n) is 1.32. The van der Waals surface area contributed by atoms with E-state index in [2.05, 4.69) is 0 Å². The first-order valence-electron chi connectivity index (χ1n) is 1.84. The quantitative estimate of drug-likeness (QED) is 0.347. The van der Waals surface area contributed by atoms with Gasteiger partial charge in [0.05, 0.1) is 12.3 Å². The molecule has 0 fully saturated rings. The average molecular weight is 90.1 g/mol. The van der Waals surface area contributed by atoms with Gasteiger partial charge in [-0.25, -0.2) is 0 Å². The van der Waals surface area contributed by atoms with E-state index >= 15 is 0 Å². The van der Waals surface area contributed by atoms with Crippen LogP contribution in [-0.2, 0) is 0 Å². The largest absolute Gasteiger partial charge is 0.390 e. The number of aliphatic hydroxyl groups excluding tert-OH is 1. The molecule has 0 rings (SSSR count). The summed E-state index contributed by atoms with van der Waals surface area (Å²) in [5.74, 6) is 0. The van der Waals surface area contributed by atoms with Crippen molar-refractivity contribution in [1.29, 1.82) is 0 Å². The normalized spacial score (nSPS) is 15.5. The zero-order valence-electron chi connectivity index (χ0n) is 3.76. The van der Waals surface area contributed by atoms with Gasteiger partial charge in [-0.2, -0.15) is 0 Å². The molecule has 1 atom stereocenters. The smallest absolute Gasteiger partial charge is 0.0792 e. The van der Waals surface area contributed by atoms with Gasteiger partial charge in [0.25, 0.3) is 0 Å². The second kappa shape index (κ2) is 2.12. The summed E-state index contributed by atoms with van der Waals surface area (Å²) in [5.41, 5.74) is 9.93. The van der Waals surface area contributed by atoms with Crippen LogP contribution in [0.15, 0.2) is 0 Å². The SMILES string of the molecule is CC(O)C(N)N. The third kappa shape index (κ3) is 2.14. The molecule has 3 heteroatoms. The van der Waals surface area contributed by atoms with Gasteiger partial charge in [-0.1, -0.05) is 0 Å². The van der Waals surface area contributed by atoms with Crippen molar-refractivity contribution in [2.24, 2.45) is 11.5 Å². The Morgan fingerprint density at radius 1 is 1.50 bits per heavy atom. The maximum atomic E-state index is 8.38. The van der Waals surface area contributed by atoms with Gasteiger partial charge in [-0.3, -0.25) is 0 Å². The van der Waals surface area contributed by atoms with E-state index in [1.54, 1.807) is 6.92 Å². The summed E-state index contributed by atoms with van der Waals surface area (Å²) in [6.45, 7) is 1.55. The standard InChI is InChI=1S/C3H10N2O/c1-2(6)3(4)5/h2-3,6H,4-5H2,1H3. The highest BCUT2D eigenvalue weighted by molar-refractivity contribution is 4.55.